The quantitative estimate of drug-likeness (QED) is 0.216. The molecule has 4 heterocycles. The molecule has 3 aromatic carbocycles. The maximum absolute atomic E-state index is 15.0. The van der Waals surface area contributed by atoms with Gasteiger partial charge in [-0.1, -0.05) is 72.9 Å². The van der Waals surface area contributed by atoms with E-state index in [9.17, 15) is 9.90 Å². The molecule has 0 bridgehead atoms. The van der Waals surface area contributed by atoms with Crippen LogP contribution < -0.4 is 19.7 Å². The van der Waals surface area contributed by atoms with E-state index in [2.05, 4.69) is 48.5 Å². The van der Waals surface area contributed by atoms with Crippen molar-refractivity contribution in [2.75, 3.05) is 30.1 Å². The van der Waals surface area contributed by atoms with E-state index < -0.39 is 13.7 Å². The normalized spacial score (nSPS) is 23.6. The summed E-state index contributed by atoms with van der Waals surface area (Å²) in [6.45, 7) is 8.74. The molecule has 2 saturated heterocycles. The summed E-state index contributed by atoms with van der Waals surface area (Å²) >= 11 is 0. The van der Waals surface area contributed by atoms with Crippen molar-refractivity contribution in [3.8, 4) is 5.75 Å². The molecule has 2 fully saturated rings. The fourth-order valence-corrected chi connectivity index (χ4v) is 12.7. The number of para-hydroxylation sites is 1. The number of fused-ring (bicyclic) bond motifs is 2. The molecule has 1 aromatic heterocycles. The number of hydrogen-bond donors (Lipinski definition) is 1. The predicted molar refractivity (Wildman–Crippen MR) is 195 cm³/mol. The molecule has 0 radical (unpaired) electrons. The number of aromatic nitrogens is 3. The highest BCUT2D eigenvalue weighted by Crippen LogP contribution is 2.60. The molecule has 2 amide bonds. The second kappa shape index (κ2) is 13.8. The van der Waals surface area contributed by atoms with Crippen molar-refractivity contribution in [2.45, 2.75) is 82.5 Å². The van der Waals surface area contributed by atoms with Crippen LogP contribution in [0.5, 0.6) is 5.75 Å². The number of aryl methyl sites for hydroxylation is 1. The number of carbonyl (C=O) groups excluding carboxylic acids is 2. The lowest BCUT2D eigenvalue weighted by Gasteiger charge is -2.37. The molecule has 4 aromatic rings. The van der Waals surface area contributed by atoms with Gasteiger partial charge in [0.15, 0.2) is 5.60 Å². The van der Waals surface area contributed by atoms with Crippen molar-refractivity contribution in [3.05, 3.63) is 95.8 Å². The van der Waals surface area contributed by atoms with Crippen molar-refractivity contribution >= 4 is 36.4 Å². The third-order valence-corrected chi connectivity index (χ3v) is 15.6. The van der Waals surface area contributed by atoms with Crippen molar-refractivity contribution in [2.24, 2.45) is 5.92 Å². The van der Waals surface area contributed by atoms with Crippen molar-refractivity contribution in [1.29, 1.82) is 0 Å². The van der Waals surface area contributed by atoms with E-state index in [4.69, 9.17) is 9.47 Å². The topological polar surface area (TPSA) is 110 Å². The van der Waals surface area contributed by atoms with Gasteiger partial charge >= 0.3 is 0 Å². The van der Waals surface area contributed by atoms with E-state index in [-0.39, 0.29) is 36.0 Å². The van der Waals surface area contributed by atoms with Gasteiger partial charge in [0.25, 0.3) is 5.91 Å². The first kappa shape index (κ1) is 34.1. The van der Waals surface area contributed by atoms with Gasteiger partial charge in [0.2, 0.25) is 5.91 Å². The monoisotopic (exact) mass is 693 g/mol. The molecule has 262 valence electrons. The number of methoxy groups -OCH3 is 1. The molecule has 3 aliphatic heterocycles. The minimum Gasteiger partial charge on any atom is -0.497 e. The number of benzene rings is 3. The number of rotatable bonds is 11. The number of piperidine rings is 1. The lowest BCUT2D eigenvalue weighted by atomic mass is 9.82. The third-order valence-electron chi connectivity index (χ3n) is 11.3. The van der Waals surface area contributed by atoms with E-state index in [0.29, 0.717) is 32.4 Å². The highest BCUT2D eigenvalue weighted by molar-refractivity contribution is 6.91. The summed E-state index contributed by atoms with van der Waals surface area (Å²) in [5.41, 5.74) is 3.43. The van der Waals surface area contributed by atoms with Gasteiger partial charge < -0.3 is 24.4 Å². The number of ether oxygens (including phenoxy) is 2. The first-order chi connectivity index (χ1) is 24.2. The number of anilines is 2. The number of carbonyl (C=O) groups is 2. The fraction of sp³-hybridized carbons (Fsp3) is 0.436. The van der Waals surface area contributed by atoms with Crippen LogP contribution in [0.4, 0.5) is 11.4 Å². The van der Waals surface area contributed by atoms with Crippen LogP contribution in [0.2, 0.25) is 18.6 Å². The summed E-state index contributed by atoms with van der Waals surface area (Å²) in [6, 6.07) is 24.6. The van der Waals surface area contributed by atoms with Gasteiger partial charge in [0, 0.05) is 55.9 Å². The number of nitrogens with zero attached hydrogens (tertiary/aromatic N) is 5. The summed E-state index contributed by atoms with van der Waals surface area (Å²) in [5.74, 6) is 0.850. The maximum Gasteiger partial charge on any atom is 0.264 e. The standard InChI is InChI=1S/C39H47N5O5Si/c1-27-37(50(3,4)32-18-16-31(48-2)17-19-32)35(20-23-42-26-29(21-24-45)40-41-42)49-39(27)33-9-5-6-10-34(33)44(38(39)47)25-28-12-14-30(15-13-28)43-22-8-7-11-36(43)46/h5-6,9-10,12-19,26-27,35,37,45H,7-8,11,20-25H2,1-4H3/t27-,35+,37-,39+/m0/s1. The van der Waals surface area contributed by atoms with Crippen LogP contribution in [0.3, 0.4) is 0 Å². The zero-order chi connectivity index (χ0) is 35.0. The van der Waals surface area contributed by atoms with Gasteiger partial charge in [-0.2, -0.15) is 0 Å². The highest BCUT2D eigenvalue weighted by atomic mass is 28.3. The largest absolute Gasteiger partial charge is 0.497 e. The summed E-state index contributed by atoms with van der Waals surface area (Å²) in [4.78, 5) is 31.4. The van der Waals surface area contributed by atoms with Gasteiger partial charge in [0.05, 0.1) is 39.2 Å². The average molecular weight is 694 g/mol. The Hall–Kier alpha value is -4.32. The molecule has 11 heteroatoms. The van der Waals surface area contributed by atoms with E-state index in [0.717, 1.165) is 53.3 Å². The Morgan fingerprint density at radius 1 is 1.02 bits per heavy atom. The van der Waals surface area contributed by atoms with Gasteiger partial charge in [0.1, 0.15) is 5.75 Å². The van der Waals surface area contributed by atoms with Gasteiger partial charge in [-0.15, -0.1) is 5.10 Å². The Kier molecular flexibility index (Phi) is 9.40. The molecule has 1 N–H and O–H groups in total. The Morgan fingerprint density at radius 2 is 1.78 bits per heavy atom. The summed E-state index contributed by atoms with van der Waals surface area (Å²) in [5, 5.41) is 19.2. The molecule has 7 rings (SSSR count). The van der Waals surface area contributed by atoms with Gasteiger partial charge in [-0.3, -0.25) is 14.3 Å². The zero-order valence-corrected chi connectivity index (χ0v) is 30.4. The zero-order valence-electron chi connectivity index (χ0n) is 29.4. The minimum absolute atomic E-state index is 0.0223. The Balaban J connectivity index is 1.22. The maximum atomic E-state index is 15.0. The predicted octanol–water partition coefficient (Wildman–Crippen LogP) is 5.19. The number of hydrogen-bond acceptors (Lipinski definition) is 7. The summed E-state index contributed by atoms with van der Waals surface area (Å²) in [7, 11) is -0.605. The molecule has 3 aliphatic rings. The van der Waals surface area contributed by atoms with Crippen LogP contribution in [-0.4, -0.2) is 66.4 Å². The molecule has 10 nitrogen and oxygen atoms in total. The second-order valence-corrected chi connectivity index (χ2v) is 19.2. The molecule has 0 unspecified atom stereocenters. The highest BCUT2D eigenvalue weighted by Gasteiger charge is 2.66. The first-order valence-electron chi connectivity index (χ1n) is 17.8. The van der Waals surface area contributed by atoms with Crippen LogP contribution >= 0.6 is 0 Å². The van der Waals surface area contributed by atoms with Crippen LogP contribution in [0.15, 0.2) is 79.0 Å². The van der Waals surface area contributed by atoms with E-state index in [1.807, 2.05) is 75.3 Å². The van der Waals surface area contributed by atoms with Gasteiger partial charge in [-0.05, 0) is 60.7 Å². The third kappa shape index (κ3) is 5.94. The molecule has 0 aliphatic carbocycles. The number of aliphatic hydroxyl groups is 1. The van der Waals surface area contributed by atoms with E-state index in [1.54, 1.807) is 7.11 Å². The Morgan fingerprint density at radius 3 is 2.50 bits per heavy atom. The lowest BCUT2D eigenvalue weighted by Crippen LogP contribution is -2.51. The molecular weight excluding hydrogens is 647 g/mol. The second-order valence-electron chi connectivity index (χ2n) is 14.5. The van der Waals surface area contributed by atoms with Crippen LogP contribution in [0, 0.1) is 5.92 Å². The number of aliphatic hydroxyl groups excluding tert-OH is 1. The molecular formula is C39H47N5O5Si. The molecule has 1 spiro atoms. The minimum atomic E-state index is -2.28. The first-order valence-corrected chi connectivity index (χ1v) is 20.9. The average Bonchev–Trinajstić information content (AvgIpc) is 3.78. The van der Waals surface area contributed by atoms with Crippen molar-refractivity contribution in [1.82, 2.24) is 15.0 Å². The smallest absolute Gasteiger partial charge is 0.264 e. The van der Waals surface area contributed by atoms with Crippen molar-refractivity contribution in [3.63, 3.8) is 0 Å². The molecule has 4 atom stereocenters. The Labute approximate surface area is 295 Å². The molecule has 50 heavy (non-hydrogen) atoms. The summed E-state index contributed by atoms with van der Waals surface area (Å²) in [6.07, 6.45) is 5.34. The number of amides is 2. The van der Waals surface area contributed by atoms with Crippen LogP contribution in [0.25, 0.3) is 0 Å². The SMILES string of the molecule is COc1ccc([Si](C)(C)[C@@H]2[C@@H](CCn3cc(CCO)nn3)O[C@]3(C(=O)N(Cc4ccc(N5CCCCC5=O)cc4)c4ccccc43)[C@H]2C)cc1. The van der Waals surface area contributed by atoms with E-state index >= 15 is 4.79 Å². The van der Waals surface area contributed by atoms with Crippen LogP contribution in [-0.2, 0) is 39.4 Å². The lowest BCUT2D eigenvalue weighted by molar-refractivity contribution is -0.146. The molecule has 0 saturated carbocycles. The fourth-order valence-electron chi connectivity index (χ4n) is 8.67. The van der Waals surface area contributed by atoms with E-state index in [1.165, 1.54) is 5.19 Å². The van der Waals surface area contributed by atoms with Gasteiger partial charge in [-0.25, -0.2) is 0 Å². The Bertz CT molecular complexity index is 1840. The van der Waals surface area contributed by atoms with Crippen molar-refractivity contribution < 1.29 is 24.2 Å². The van der Waals surface area contributed by atoms with Crippen LogP contribution in [0.1, 0.15) is 49.4 Å². The summed E-state index contributed by atoms with van der Waals surface area (Å²) < 4.78 is 14.6.